The number of rotatable bonds is 6. The van der Waals surface area contributed by atoms with Crippen molar-refractivity contribution in [2.75, 3.05) is 6.79 Å². The van der Waals surface area contributed by atoms with Crippen molar-refractivity contribution in [2.24, 2.45) is 5.10 Å². The third kappa shape index (κ3) is 4.54. The number of aromatic nitrogens is 2. The summed E-state index contributed by atoms with van der Waals surface area (Å²) in [6.45, 7) is 0.578. The van der Waals surface area contributed by atoms with E-state index in [0.717, 1.165) is 22.3 Å². The first kappa shape index (κ1) is 24.0. The summed E-state index contributed by atoms with van der Waals surface area (Å²) in [6.07, 6.45) is 1.59. The highest BCUT2D eigenvalue weighted by Crippen LogP contribution is 2.33. The second kappa shape index (κ2) is 9.91. The number of hydrogen-bond acceptors (Lipinski definition) is 7. The summed E-state index contributed by atoms with van der Waals surface area (Å²) >= 11 is 6.16. The Labute approximate surface area is 232 Å². The van der Waals surface area contributed by atoms with Crippen LogP contribution >= 0.6 is 11.6 Å². The van der Waals surface area contributed by atoms with E-state index in [0.29, 0.717) is 45.4 Å². The van der Waals surface area contributed by atoms with E-state index in [1.54, 1.807) is 48.7 Å². The van der Waals surface area contributed by atoms with Gasteiger partial charge in [-0.1, -0.05) is 41.9 Å². The van der Waals surface area contributed by atoms with Crippen molar-refractivity contribution in [3.8, 4) is 28.8 Å². The van der Waals surface area contributed by atoms with E-state index in [4.69, 9.17) is 35.2 Å². The molecule has 0 atom stereocenters. The Balaban J connectivity index is 1.22. The Bertz CT molecular complexity index is 2000. The van der Waals surface area contributed by atoms with Crippen LogP contribution in [0.3, 0.4) is 0 Å². The lowest BCUT2D eigenvalue weighted by Crippen LogP contribution is -2.20. The average Bonchev–Trinajstić information content (AvgIpc) is 3.62. The summed E-state index contributed by atoms with van der Waals surface area (Å²) in [5, 5.41) is 6.37. The molecule has 1 aliphatic rings. The van der Waals surface area contributed by atoms with Gasteiger partial charge in [0.15, 0.2) is 17.3 Å². The predicted octanol–water partition coefficient (Wildman–Crippen LogP) is 6.65. The van der Waals surface area contributed by atoms with E-state index in [2.05, 4.69) is 5.10 Å². The fourth-order valence-electron chi connectivity index (χ4n) is 4.52. The van der Waals surface area contributed by atoms with Gasteiger partial charge in [-0.2, -0.15) is 9.78 Å². The summed E-state index contributed by atoms with van der Waals surface area (Å²) in [5.41, 5.74) is 2.56. The van der Waals surface area contributed by atoms with Gasteiger partial charge in [-0.3, -0.25) is 4.79 Å². The van der Waals surface area contributed by atoms with Crippen LogP contribution in [0.4, 0.5) is 0 Å². The molecule has 1 aliphatic heterocycles. The van der Waals surface area contributed by atoms with Crippen LogP contribution in [0.25, 0.3) is 33.5 Å². The average molecular weight is 550 g/mol. The standard InChI is InChI=1S/C31H20ClN3O5/c32-22-9-11-26-21(14-22)15-29(40-26)30-34-25-7-2-1-6-24(25)31(36)35(30)33-16-19-4-3-5-23(12-19)37-17-20-8-10-27-28(13-20)39-18-38-27/h1-16H,17-18H2. The van der Waals surface area contributed by atoms with Crippen molar-refractivity contribution in [1.82, 2.24) is 9.66 Å². The highest BCUT2D eigenvalue weighted by atomic mass is 35.5. The van der Waals surface area contributed by atoms with Crippen LogP contribution in [0, 0.1) is 0 Å². The zero-order chi connectivity index (χ0) is 27.1. The second-order valence-corrected chi connectivity index (χ2v) is 9.59. The quantitative estimate of drug-likeness (QED) is 0.216. The van der Waals surface area contributed by atoms with E-state index < -0.39 is 0 Å². The van der Waals surface area contributed by atoms with Crippen LogP contribution in [0.2, 0.25) is 5.02 Å². The molecule has 196 valence electrons. The second-order valence-electron chi connectivity index (χ2n) is 9.16. The van der Waals surface area contributed by atoms with Crippen molar-refractivity contribution < 1.29 is 18.6 Å². The fraction of sp³-hybridized carbons (Fsp3) is 0.0645. The van der Waals surface area contributed by atoms with Gasteiger partial charge in [0.25, 0.3) is 5.56 Å². The van der Waals surface area contributed by atoms with Gasteiger partial charge in [-0.15, -0.1) is 0 Å². The van der Waals surface area contributed by atoms with Crippen LogP contribution in [-0.2, 0) is 6.61 Å². The smallest absolute Gasteiger partial charge is 0.282 e. The van der Waals surface area contributed by atoms with Crippen molar-refractivity contribution in [3.63, 3.8) is 0 Å². The van der Waals surface area contributed by atoms with E-state index in [1.165, 1.54) is 4.68 Å². The Morgan fingerprint density at radius 3 is 2.80 bits per heavy atom. The van der Waals surface area contributed by atoms with Gasteiger partial charge in [0.2, 0.25) is 12.6 Å². The van der Waals surface area contributed by atoms with Crippen molar-refractivity contribution >= 4 is 39.7 Å². The molecule has 7 rings (SSSR count). The minimum Gasteiger partial charge on any atom is -0.489 e. The van der Waals surface area contributed by atoms with Gasteiger partial charge >= 0.3 is 0 Å². The summed E-state index contributed by atoms with van der Waals surface area (Å²) in [6, 6.07) is 27.4. The highest BCUT2D eigenvalue weighted by Gasteiger charge is 2.17. The van der Waals surface area contributed by atoms with Crippen molar-refractivity contribution in [1.29, 1.82) is 0 Å². The number of ether oxygens (including phenoxy) is 3. The number of furan rings is 1. The first-order valence-corrected chi connectivity index (χ1v) is 12.9. The van der Waals surface area contributed by atoms with Gasteiger partial charge in [-0.25, -0.2) is 4.98 Å². The van der Waals surface area contributed by atoms with Crippen LogP contribution in [-0.4, -0.2) is 22.7 Å². The molecule has 0 amide bonds. The van der Waals surface area contributed by atoms with Gasteiger partial charge in [0.05, 0.1) is 17.1 Å². The molecular formula is C31H20ClN3O5. The molecule has 6 aromatic rings. The molecule has 0 N–H and O–H groups in total. The van der Waals surface area contributed by atoms with Gasteiger partial charge < -0.3 is 18.6 Å². The number of halogens is 1. The maximum atomic E-state index is 13.5. The Hall–Kier alpha value is -5.08. The van der Waals surface area contributed by atoms with Crippen molar-refractivity contribution in [2.45, 2.75) is 6.61 Å². The number of fused-ring (bicyclic) bond motifs is 3. The molecule has 0 saturated carbocycles. The summed E-state index contributed by atoms with van der Waals surface area (Å²) in [4.78, 5) is 18.2. The number of benzene rings is 4. The minimum atomic E-state index is -0.314. The lowest BCUT2D eigenvalue weighted by Gasteiger charge is -2.08. The largest absolute Gasteiger partial charge is 0.489 e. The van der Waals surface area contributed by atoms with Crippen LogP contribution in [0.5, 0.6) is 17.2 Å². The molecule has 8 nitrogen and oxygen atoms in total. The van der Waals surface area contributed by atoms with E-state index in [1.807, 2.05) is 48.5 Å². The summed E-state index contributed by atoms with van der Waals surface area (Å²) in [7, 11) is 0. The first-order chi connectivity index (χ1) is 19.6. The van der Waals surface area contributed by atoms with E-state index >= 15 is 0 Å². The van der Waals surface area contributed by atoms with Crippen molar-refractivity contribution in [3.05, 3.63) is 117 Å². The third-order valence-corrected chi connectivity index (χ3v) is 6.71. The lowest BCUT2D eigenvalue weighted by atomic mass is 10.2. The molecule has 0 aliphatic carbocycles. The van der Waals surface area contributed by atoms with Crippen LogP contribution in [0.15, 0.2) is 105 Å². The Morgan fingerprint density at radius 2 is 1.85 bits per heavy atom. The monoisotopic (exact) mass is 549 g/mol. The zero-order valence-corrected chi connectivity index (χ0v) is 21.7. The molecule has 0 unspecified atom stereocenters. The first-order valence-electron chi connectivity index (χ1n) is 12.5. The molecular weight excluding hydrogens is 530 g/mol. The minimum absolute atomic E-state index is 0.225. The third-order valence-electron chi connectivity index (χ3n) is 6.48. The number of para-hydroxylation sites is 1. The van der Waals surface area contributed by atoms with Crippen LogP contribution < -0.4 is 19.8 Å². The SMILES string of the molecule is O=c1c2ccccc2nc(-c2cc3cc(Cl)ccc3o2)n1N=Cc1cccc(OCc2ccc3c(c2)OCO3)c1. The fourth-order valence-corrected chi connectivity index (χ4v) is 4.70. The molecule has 0 bridgehead atoms. The molecule has 3 heterocycles. The maximum Gasteiger partial charge on any atom is 0.282 e. The molecule has 40 heavy (non-hydrogen) atoms. The summed E-state index contributed by atoms with van der Waals surface area (Å²) < 4.78 is 24.1. The molecule has 0 radical (unpaired) electrons. The molecule has 0 saturated heterocycles. The molecule has 2 aromatic heterocycles. The normalized spacial score (nSPS) is 12.5. The number of nitrogens with zero attached hydrogens (tertiary/aromatic N) is 3. The molecule has 4 aromatic carbocycles. The Morgan fingerprint density at radius 1 is 0.950 bits per heavy atom. The molecule has 9 heteroatoms. The predicted molar refractivity (Wildman–Crippen MR) is 153 cm³/mol. The number of hydrogen-bond donors (Lipinski definition) is 0. The van der Waals surface area contributed by atoms with Gasteiger partial charge in [0, 0.05) is 10.4 Å². The van der Waals surface area contributed by atoms with E-state index in [-0.39, 0.29) is 18.2 Å². The Kier molecular flexibility index (Phi) is 5.94. The van der Waals surface area contributed by atoms with Gasteiger partial charge in [0.1, 0.15) is 17.9 Å². The molecule has 0 fully saturated rings. The summed E-state index contributed by atoms with van der Waals surface area (Å²) in [5.74, 6) is 2.77. The van der Waals surface area contributed by atoms with E-state index in [9.17, 15) is 4.79 Å². The van der Waals surface area contributed by atoms with Crippen LogP contribution in [0.1, 0.15) is 11.1 Å². The van der Waals surface area contributed by atoms with Gasteiger partial charge in [-0.05, 0) is 71.8 Å². The highest BCUT2D eigenvalue weighted by molar-refractivity contribution is 6.31. The topological polar surface area (TPSA) is 88.1 Å². The lowest BCUT2D eigenvalue weighted by molar-refractivity contribution is 0.174. The zero-order valence-electron chi connectivity index (χ0n) is 20.9. The molecule has 0 spiro atoms. The maximum absolute atomic E-state index is 13.5.